The van der Waals surface area contributed by atoms with Crippen LogP contribution in [0.2, 0.25) is 0 Å². The van der Waals surface area contributed by atoms with E-state index >= 15 is 0 Å². The van der Waals surface area contributed by atoms with Crippen LogP contribution in [0.4, 0.5) is 0 Å². The lowest BCUT2D eigenvalue weighted by atomic mass is 9.91. The van der Waals surface area contributed by atoms with Crippen molar-refractivity contribution in [2.45, 2.75) is 45.6 Å². The van der Waals surface area contributed by atoms with Gasteiger partial charge in [-0.1, -0.05) is 20.3 Å². The van der Waals surface area contributed by atoms with Crippen LogP contribution < -0.4 is 5.32 Å². The van der Waals surface area contributed by atoms with Crippen molar-refractivity contribution in [3.8, 4) is 0 Å². The Hall–Kier alpha value is -0.0800. The smallest absolute Gasteiger partial charge is 0.0198 e. The van der Waals surface area contributed by atoms with Gasteiger partial charge in [-0.15, -0.1) is 0 Å². The molecule has 0 saturated carbocycles. The first kappa shape index (κ1) is 12.0. The van der Waals surface area contributed by atoms with Crippen molar-refractivity contribution in [1.82, 2.24) is 10.2 Å². The Morgan fingerprint density at radius 1 is 1.21 bits per heavy atom. The molecule has 2 atom stereocenters. The average Bonchev–Trinajstić information content (AvgIpc) is 2.14. The lowest BCUT2D eigenvalue weighted by Gasteiger charge is -2.36. The van der Waals surface area contributed by atoms with Crippen LogP contribution in [0.25, 0.3) is 0 Å². The van der Waals surface area contributed by atoms with Gasteiger partial charge in [0.2, 0.25) is 0 Å². The van der Waals surface area contributed by atoms with Gasteiger partial charge in [0.1, 0.15) is 0 Å². The molecule has 1 aliphatic heterocycles. The predicted octanol–water partition coefficient (Wildman–Crippen LogP) is 2.11. The molecule has 0 bridgehead atoms. The molecular formula is C12H26N2. The molecule has 14 heavy (non-hydrogen) atoms. The quantitative estimate of drug-likeness (QED) is 0.728. The minimum atomic E-state index is 0.741. The summed E-state index contributed by atoms with van der Waals surface area (Å²) in [5.74, 6) is 0.924. The molecule has 0 aromatic carbocycles. The molecule has 2 unspecified atom stereocenters. The van der Waals surface area contributed by atoms with E-state index in [9.17, 15) is 0 Å². The third-order valence-corrected chi connectivity index (χ3v) is 3.10. The number of piperidine rings is 1. The monoisotopic (exact) mass is 198 g/mol. The number of hydrogen-bond acceptors (Lipinski definition) is 2. The molecular weight excluding hydrogens is 172 g/mol. The van der Waals surface area contributed by atoms with E-state index in [1.807, 2.05) is 0 Å². The maximum absolute atomic E-state index is 3.65. The molecule has 1 N–H and O–H groups in total. The second kappa shape index (κ2) is 6.41. The number of likely N-dealkylation sites (N-methyl/N-ethyl adjacent to an activating group) is 1. The van der Waals surface area contributed by atoms with Crippen molar-refractivity contribution in [2.75, 3.05) is 26.7 Å². The lowest BCUT2D eigenvalue weighted by Crippen LogP contribution is -2.47. The Kier molecular flexibility index (Phi) is 5.49. The van der Waals surface area contributed by atoms with Crippen molar-refractivity contribution in [2.24, 2.45) is 5.92 Å². The van der Waals surface area contributed by atoms with Gasteiger partial charge in [0.05, 0.1) is 0 Å². The molecule has 2 heteroatoms. The van der Waals surface area contributed by atoms with Crippen molar-refractivity contribution in [3.05, 3.63) is 0 Å². The SMILES string of the molecule is CCCNC1CC(CCC)CN(C)C1. The Morgan fingerprint density at radius 3 is 2.64 bits per heavy atom. The van der Waals surface area contributed by atoms with Crippen LogP contribution in [-0.2, 0) is 0 Å². The molecule has 0 spiro atoms. The van der Waals surface area contributed by atoms with E-state index in [0.717, 1.165) is 12.0 Å². The second-order valence-electron chi connectivity index (χ2n) is 4.76. The van der Waals surface area contributed by atoms with E-state index in [2.05, 4.69) is 31.1 Å². The molecule has 1 saturated heterocycles. The van der Waals surface area contributed by atoms with Crippen LogP contribution in [0.1, 0.15) is 39.5 Å². The van der Waals surface area contributed by atoms with Crippen molar-refractivity contribution in [1.29, 1.82) is 0 Å². The summed E-state index contributed by atoms with van der Waals surface area (Å²) >= 11 is 0. The fraction of sp³-hybridized carbons (Fsp3) is 1.00. The zero-order chi connectivity index (χ0) is 10.4. The maximum Gasteiger partial charge on any atom is 0.0198 e. The van der Waals surface area contributed by atoms with Crippen LogP contribution in [-0.4, -0.2) is 37.6 Å². The molecule has 0 aliphatic carbocycles. The molecule has 1 heterocycles. The summed E-state index contributed by atoms with van der Waals surface area (Å²) in [7, 11) is 2.25. The Bertz CT molecular complexity index is 147. The third-order valence-electron chi connectivity index (χ3n) is 3.10. The van der Waals surface area contributed by atoms with E-state index in [1.54, 1.807) is 0 Å². The van der Waals surface area contributed by atoms with E-state index in [1.165, 1.54) is 45.3 Å². The van der Waals surface area contributed by atoms with Crippen molar-refractivity contribution in [3.63, 3.8) is 0 Å². The van der Waals surface area contributed by atoms with Crippen LogP contribution >= 0.6 is 0 Å². The third kappa shape index (κ3) is 3.97. The number of nitrogens with one attached hydrogen (secondary N) is 1. The number of hydrogen-bond donors (Lipinski definition) is 1. The standard InChI is InChI=1S/C12H26N2/c1-4-6-11-8-12(13-7-5-2)10-14(3)9-11/h11-13H,4-10H2,1-3H3. The molecule has 1 rings (SSSR count). The number of likely N-dealkylation sites (tertiary alicyclic amines) is 1. The summed E-state index contributed by atoms with van der Waals surface area (Å²) in [6, 6.07) is 0.741. The lowest BCUT2D eigenvalue weighted by molar-refractivity contribution is 0.163. The van der Waals surface area contributed by atoms with Crippen LogP contribution in [0.15, 0.2) is 0 Å². The fourth-order valence-electron chi connectivity index (χ4n) is 2.56. The molecule has 0 amide bonds. The van der Waals surface area contributed by atoms with Crippen molar-refractivity contribution < 1.29 is 0 Å². The van der Waals surface area contributed by atoms with Gasteiger partial charge in [0.15, 0.2) is 0 Å². The van der Waals surface area contributed by atoms with Gasteiger partial charge in [-0.3, -0.25) is 0 Å². The second-order valence-corrected chi connectivity index (χ2v) is 4.76. The van der Waals surface area contributed by atoms with Crippen molar-refractivity contribution >= 4 is 0 Å². The average molecular weight is 198 g/mol. The minimum Gasteiger partial charge on any atom is -0.313 e. The first-order chi connectivity index (χ1) is 6.76. The van der Waals surface area contributed by atoms with Crippen LogP contribution in [0.5, 0.6) is 0 Å². The van der Waals surface area contributed by atoms with Gasteiger partial charge >= 0.3 is 0 Å². The molecule has 0 aromatic rings. The topological polar surface area (TPSA) is 15.3 Å². The predicted molar refractivity (Wildman–Crippen MR) is 62.6 cm³/mol. The van der Waals surface area contributed by atoms with E-state index in [-0.39, 0.29) is 0 Å². The van der Waals surface area contributed by atoms with Gasteiger partial charge in [0.25, 0.3) is 0 Å². The van der Waals surface area contributed by atoms with Gasteiger partial charge in [0, 0.05) is 19.1 Å². The Morgan fingerprint density at radius 2 is 2.00 bits per heavy atom. The molecule has 84 valence electrons. The highest BCUT2D eigenvalue weighted by Crippen LogP contribution is 2.20. The van der Waals surface area contributed by atoms with Gasteiger partial charge in [-0.05, 0) is 38.8 Å². The van der Waals surface area contributed by atoms with Crippen LogP contribution in [0.3, 0.4) is 0 Å². The maximum atomic E-state index is 3.65. The molecule has 0 aromatic heterocycles. The van der Waals surface area contributed by atoms with Gasteiger partial charge in [-0.25, -0.2) is 0 Å². The summed E-state index contributed by atoms with van der Waals surface area (Å²) < 4.78 is 0. The summed E-state index contributed by atoms with van der Waals surface area (Å²) in [5, 5.41) is 3.65. The van der Waals surface area contributed by atoms with E-state index in [0.29, 0.717) is 0 Å². The largest absolute Gasteiger partial charge is 0.313 e. The minimum absolute atomic E-state index is 0.741. The normalized spacial score (nSPS) is 29.4. The van der Waals surface area contributed by atoms with Gasteiger partial charge in [-0.2, -0.15) is 0 Å². The summed E-state index contributed by atoms with van der Waals surface area (Å²) in [5.41, 5.74) is 0. The van der Waals surface area contributed by atoms with E-state index < -0.39 is 0 Å². The first-order valence-electron chi connectivity index (χ1n) is 6.18. The summed E-state index contributed by atoms with van der Waals surface area (Å²) in [6.45, 7) is 8.25. The Labute approximate surface area is 89.1 Å². The van der Waals surface area contributed by atoms with Crippen LogP contribution in [0, 0.1) is 5.92 Å². The number of rotatable bonds is 5. The van der Waals surface area contributed by atoms with Gasteiger partial charge < -0.3 is 10.2 Å². The molecule has 0 radical (unpaired) electrons. The zero-order valence-electron chi connectivity index (χ0n) is 10.1. The molecule has 1 aliphatic rings. The molecule has 1 fully saturated rings. The highest BCUT2D eigenvalue weighted by atomic mass is 15.1. The zero-order valence-corrected chi connectivity index (χ0v) is 10.1. The highest BCUT2D eigenvalue weighted by molar-refractivity contribution is 4.81. The fourth-order valence-corrected chi connectivity index (χ4v) is 2.56. The number of nitrogens with zero attached hydrogens (tertiary/aromatic N) is 1. The molecule has 2 nitrogen and oxygen atoms in total. The first-order valence-corrected chi connectivity index (χ1v) is 6.18. The summed E-state index contributed by atoms with van der Waals surface area (Å²) in [4.78, 5) is 2.48. The summed E-state index contributed by atoms with van der Waals surface area (Å²) in [6.07, 6.45) is 5.37. The Balaban J connectivity index is 2.29. The van der Waals surface area contributed by atoms with E-state index in [4.69, 9.17) is 0 Å². The highest BCUT2D eigenvalue weighted by Gasteiger charge is 2.23.